The Morgan fingerprint density at radius 2 is 1.58 bits per heavy atom. The van der Waals surface area contributed by atoms with E-state index in [0.717, 1.165) is 15.4 Å². The van der Waals surface area contributed by atoms with Gasteiger partial charge in [-0.05, 0) is 74.9 Å². The van der Waals surface area contributed by atoms with Gasteiger partial charge in [0.2, 0.25) is 11.8 Å². The Morgan fingerprint density at radius 3 is 2.13 bits per heavy atom. The lowest BCUT2D eigenvalue weighted by molar-refractivity contribution is -0.139. The van der Waals surface area contributed by atoms with Crippen molar-refractivity contribution in [3.05, 3.63) is 88.9 Å². The molecule has 1 N–H and O–H groups in total. The molecule has 2 amide bonds. The summed E-state index contributed by atoms with van der Waals surface area (Å²) in [6, 6.07) is 19.0. The smallest absolute Gasteiger partial charge is 0.264 e. The van der Waals surface area contributed by atoms with E-state index < -0.39 is 28.5 Å². The Kier molecular flexibility index (Phi) is 9.77. The van der Waals surface area contributed by atoms with Crippen LogP contribution in [-0.2, 0) is 26.2 Å². The number of hydrogen-bond donors (Lipinski definition) is 1. The maximum atomic E-state index is 13.8. The van der Waals surface area contributed by atoms with E-state index in [2.05, 4.69) is 5.32 Å². The minimum Gasteiger partial charge on any atom is -0.494 e. The van der Waals surface area contributed by atoms with Crippen LogP contribution < -0.4 is 14.4 Å². The number of anilines is 1. The fraction of sp³-hybridized carbons (Fsp3) is 0.286. The third-order valence-corrected chi connectivity index (χ3v) is 8.04. The Bertz CT molecular complexity index is 1340. The first-order valence-electron chi connectivity index (χ1n) is 12.1. The van der Waals surface area contributed by atoms with E-state index in [1.54, 1.807) is 67.6 Å². The minimum atomic E-state index is -4.13. The third-order valence-electron chi connectivity index (χ3n) is 6.00. The Balaban J connectivity index is 2.02. The predicted molar refractivity (Wildman–Crippen MR) is 149 cm³/mol. The molecule has 0 aromatic heterocycles. The van der Waals surface area contributed by atoms with Crippen molar-refractivity contribution >= 4 is 39.1 Å². The number of aryl methyl sites for hydroxylation is 1. The lowest BCUT2D eigenvalue weighted by Crippen LogP contribution is -2.50. The molecule has 0 aliphatic rings. The monoisotopic (exact) mass is 557 g/mol. The van der Waals surface area contributed by atoms with E-state index in [4.69, 9.17) is 16.3 Å². The van der Waals surface area contributed by atoms with Crippen molar-refractivity contribution in [1.29, 1.82) is 0 Å². The number of carbonyl (C=O) groups excluding carboxylic acids is 2. The Morgan fingerprint density at radius 1 is 0.974 bits per heavy atom. The largest absolute Gasteiger partial charge is 0.494 e. The molecule has 10 heteroatoms. The second-order valence-corrected chi connectivity index (χ2v) is 11.0. The fourth-order valence-corrected chi connectivity index (χ4v) is 5.36. The molecule has 3 rings (SSSR count). The summed E-state index contributed by atoms with van der Waals surface area (Å²) in [5.74, 6) is -0.338. The van der Waals surface area contributed by atoms with E-state index in [1.165, 1.54) is 24.1 Å². The zero-order valence-electron chi connectivity index (χ0n) is 21.8. The highest BCUT2D eigenvalue weighted by Crippen LogP contribution is 2.27. The molecule has 1 atom stereocenters. The number of likely N-dealkylation sites (N-methyl/N-ethyl adjacent to an activating group) is 1. The van der Waals surface area contributed by atoms with E-state index in [9.17, 15) is 18.0 Å². The highest BCUT2D eigenvalue weighted by atomic mass is 35.5. The second kappa shape index (κ2) is 12.8. The van der Waals surface area contributed by atoms with E-state index in [-0.39, 0.29) is 17.3 Å². The summed E-state index contributed by atoms with van der Waals surface area (Å²) in [6.45, 7) is 5.34. The molecule has 0 spiro atoms. The third kappa shape index (κ3) is 7.05. The minimum absolute atomic E-state index is 0.0494. The first kappa shape index (κ1) is 29.0. The summed E-state index contributed by atoms with van der Waals surface area (Å²) in [5.41, 5.74) is 1.94. The van der Waals surface area contributed by atoms with Gasteiger partial charge in [0.15, 0.2) is 0 Å². The van der Waals surface area contributed by atoms with E-state index in [0.29, 0.717) is 23.1 Å². The maximum absolute atomic E-state index is 13.8. The fourth-order valence-electron chi connectivity index (χ4n) is 3.82. The molecular weight excluding hydrogens is 526 g/mol. The molecule has 3 aromatic rings. The summed E-state index contributed by atoms with van der Waals surface area (Å²) in [6.07, 6.45) is 0. The van der Waals surface area contributed by atoms with Crippen molar-refractivity contribution in [3.63, 3.8) is 0 Å². The number of carbonyl (C=O) groups is 2. The second-order valence-electron chi connectivity index (χ2n) is 8.69. The molecule has 3 aromatic carbocycles. The summed E-state index contributed by atoms with van der Waals surface area (Å²) < 4.78 is 34.1. The molecule has 0 bridgehead atoms. The van der Waals surface area contributed by atoms with Crippen LogP contribution in [0.3, 0.4) is 0 Å². The van der Waals surface area contributed by atoms with Gasteiger partial charge < -0.3 is 15.0 Å². The Labute approximate surface area is 229 Å². The molecule has 8 nitrogen and oxygen atoms in total. The van der Waals surface area contributed by atoms with Gasteiger partial charge in [-0.2, -0.15) is 0 Å². The molecule has 38 heavy (non-hydrogen) atoms. The van der Waals surface area contributed by atoms with Gasteiger partial charge in [0.25, 0.3) is 10.0 Å². The van der Waals surface area contributed by atoms with Gasteiger partial charge in [-0.3, -0.25) is 13.9 Å². The first-order valence-corrected chi connectivity index (χ1v) is 14.0. The van der Waals surface area contributed by atoms with Crippen molar-refractivity contribution in [3.8, 4) is 5.75 Å². The van der Waals surface area contributed by atoms with Crippen molar-refractivity contribution in [2.24, 2.45) is 0 Å². The Hall–Kier alpha value is -3.56. The zero-order chi connectivity index (χ0) is 27.9. The quantitative estimate of drug-likeness (QED) is 0.377. The lowest BCUT2D eigenvalue weighted by Gasteiger charge is -2.31. The summed E-state index contributed by atoms with van der Waals surface area (Å²) >= 11 is 6.00. The number of sulfonamides is 1. The van der Waals surface area contributed by atoms with Crippen LogP contribution in [-0.4, -0.2) is 51.4 Å². The van der Waals surface area contributed by atoms with Crippen LogP contribution in [0.4, 0.5) is 5.69 Å². The normalized spacial score (nSPS) is 11.9. The highest BCUT2D eigenvalue weighted by molar-refractivity contribution is 7.92. The number of halogens is 1. The van der Waals surface area contributed by atoms with Crippen LogP contribution in [0.2, 0.25) is 5.02 Å². The maximum Gasteiger partial charge on any atom is 0.264 e. The van der Waals surface area contributed by atoms with Crippen molar-refractivity contribution in [2.75, 3.05) is 24.5 Å². The molecular formula is C28H32ClN3O5S. The molecule has 0 unspecified atom stereocenters. The molecule has 0 radical (unpaired) electrons. The van der Waals surface area contributed by atoms with Crippen molar-refractivity contribution in [2.45, 2.75) is 38.3 Å². The summed E-state index contributed by atoms with van der Waals surface area (Å²) in [4.78, 5) is 27.7. The first-order chi connectivity index (χ1) is 18.1. The molecule has 202 valence electrons. The van der Waals surface area contributed by atoms with Crippen LogP contribution in [0.1, 0.15) is 25.0 Å². The van der Waals surface area contributed by atoms with Gasteiger partial charge in [0, 0.05) is 18.6 Å². The van der Waals surface area contributed by atoms with Crippen LogP contribution in [0.25, 0.3) is 0 Å². The topological polar surface area (TPSA) is 96.0 Å². The van der Waals surface area contributed by atoms with Gasteiger partial charge in [-0.15, -0.1) is 0 Å². The summed E-state index contributed by atoms with van der Waals surface area (Å²) in [7, 11) is -2.64. The SMILES string of the molecule is CCOc1ccc(N(CC(=O)N(Cc2ccc(Cl)cc2)[C@@H](C)C(=O)NC)S(=O)(=O)c2ccc(C)cc2)cc1. The number of nitrogens with one attached hydrogen (secondary N) is 1. The van der Waals surface area contributed by atoms with Gasteiger partial charge in [-0.1, -0.05) is 41.4 Å². The standard InChI is InChI=1S/C28H32ClN3O5S/c1-5-37-25-14-12-24(13-15-25)32(38(35,36)26-16-6-20(2)7-17-26)19-27(33)31(21(3)28(34)30-4)18-22-8-10-23(29)11-9-22/h6-17,21H,5,18-19H2,1-4H3,(H,30,34)/t21-/m0/s1. The molecule has 0 fully saturated rings. The molecule has 0 heterocycles. The van der Waals surface area contributed by atoms with E-state index in [1.807, 2.05) is 13.8 Å². The van der Waals surface area contributed by atoms with E-state index >= 15 is 0 Å². The average Bonchev–Trinajstić information content (AvgIpc) is 2.91. The van der Waals surface area contributed by atoms with Gasteiger partial charge in [0.05, 0.1) is 17.2 Å². The number of rotatable bonds is 11. The summed E-state index contributed by atoms with van der Waals surface area (Å²) in [5, 5.41) is 3.10. The lowest BCUT2D eigenvalue weighted by atomic mass is 10.1. The molecule has 0 saturated carbocycles. The van der Waals surface area contributed by atoms with Crippen LogP contribution in [0, 0.1) is 6.92 Å². The molecule has 0 aliphatic heterocycles. The average molecular weight is 558 g/mol. The van der Waals surface area contributed by atoms with Crippen LogP contribution in [0.15, 0.2) is 77.7 Å². The number of ether oxygens (including phenoxy) is 1. The highest BCUT2D eigenvalue weighted by Gasteiger charge is 2.32. The molecule has 0 aliphatic carbocycles. The van der Waals surface area contributed by atoms with Gasteiger partial charge >= 0.3 is 0 Å². The number of hydrogen-bond acceptors (Lipinski definition) is 5. The predicted octanol–water partition coefficient (Wildman–Crippen LogP) is 4.41. The number of benzene rings is 3. The molecule has 0 saturated heterocycles. The van der Waals surface area contributed by atoms with Gasteiger partial charge in [-0.25, -0.2) is 8.42 Å². The number of amides is 2. The zero-order valence-corrected chi connectivity index (χ0v) is 23.4. The van der Waals surface area contributed by atoms with Crippen molar-refractivity contribution in [1.82, 2.24) is 10.2 Å². The number of nitrogens with zero attached hydrogens (tertiary/aromatic N) is 2. The van der Waals surface area contributed by atoms with Crippen molar-refractivity contribution < 1.29 is 22.7 Å². The van der Waals surface area contributed by atoms with Crippen LogP contribution in [0.5, 0.6) is 5.75 Å². The van der Waals surface area contributed by atoms with Gasteiger partial charge in [0.1, 0.15) is 18.3 Å². The van der Waals surface area contributed by atoms with Crippen LogP contribution >= 0.6 is 11.6 Å².